The first-order chi connectivity index (χ1) is 12.2. The van der Waals surface area contributed by atoms with E-state index in [9.17, 15) is 4.79 Å². The summed E-state index contributed by atoms with van der Waals surface area (Å²) in [5, 5.41) is 1.12. The SMILES string of the molecule is Cc1cc2c(N3CCN(C=O)CC3)nc(Cc3ccccc3)nc2s1. The highest BCUT2D eigenvalue weighted by molar-refractivity contribution is 7.18. The molecule has 3 aromatic rings. The zero-order valence-corrected chi connectivity index (χ0v) is 15.0. The smallest absolute Gasteiger partial charge is 0.209 e. The Bertz CT molecular complexity index is 885. The van der Waals surface area contributed by atoms with Crippen LogP contribution in [0.25, 0.3) is 10.2 Å². The van der Waals surface area contributed by atoms with E-state index in [-0.39, 0.29) is 0 Å². The molecule has 1 amide bonds. The first-order valence-corrected chi connectivity index (χ1v) is 9.30. The molecule has 25 heavy (non-hydrogen) atoms. The number of piperazine rings is 1. The molecule has 1 aliphatic heterocycles. The third-order valence-electron chi connectivity index (χ3n) is 4.51. The van der Waals surface area contributed by atoms with Crippen molar-refractivity contribution in [2.45, 2.75) is 13.3 Å². The first kappa shape index (κ1) is 16.0. The van der Waals surface area contributed by atoms with Crippen LogP contribution in [0.2, 0.25) is 0 Å². The lowest BCUT2D eigenvalue weighted by molar-refractivity contribution is -0.118. The maximum absolute atomic E-state index is 11.0. The molecule has 0 unspecified atom stereocenters. The summed E-state index contributed by atoms with van der Waals surface area (Å²) in [6.45, 7) is 5.21. The van der Waals surface area contributed by atoms with Gasteiger partial charge in [-0.3, -0.25) is 4.79 Å². The standard InChI is InChI=1S/C19H20N4OS/c1-14-11-16-18(23-9-7-22(13-24)8-10-23)20-17(21-19(16)25-14)12-15-5-3-2-4-6-15/h2-6,11,13H,7-10,12H2,1H3. The van der Waals surface area contributed by atoms with Crippen LogP contribution in [-0.4, -0.2) is 47.5 Å². The van der Waals surface area contributed by atoms with Crippen LogP contribution in [0.15, 0.2) is 36.4 Å². The number of anilines is 1. The fourth-order valence-corrected chi connectivity index (χ4v) is 4.10. The number of benzene rings is 1. The minimum atomic E-state index is 0.731. The second kappa shape index (κ2) is 6.80. The Morgan fingerprint density at radius 2 is 1.88 bits per heavy atom. The monoisotopic (exact) mass is 352 g/mol. The Balaban J connectivity index is 1.70. The summed E-state index contributed by atoms with van der Waals surface area (Å²) >= 11 is 1.72. The van der Waals surface area contributed by atoms with Gasteiger partial charge in [0, 0.05) is 37.5 Å². The van der Waals surface area contributed by atoms with Gasteiger partial charge in [0.2, 0.25) is 6.41 Å². The van der Waals surface area contributed by atoms with Crippen LogP contribution < -0.4 is 4.90 Å². The van der Waals surface area contributed by atoms with Gasteiger partial charge in [0.05, 0.1) is 5.39 Å². The van der Waals surface area contributed by atoms with Gasteiger partial charge in [0.1, 0.15) is 16.5 Å². The summed E-state index contributed by atoms with van der Waals surface area (Å²) in [5.74, 6) is 1.86. The van der Waals surface area contributed by atoms with Crippen molar-refractivity contribution >= 4 is 33.8 Å². The van der Waals surface area contributed by atoms with E-state index in [4.69, 9.17) is 9.97 Å². The molecule has 1 fully saturated rings. The van der Waals surface area contributed by atoms with Crippen LogP contribution in [0.3, 0.4) is 0 Å². The van der Waals surface area contributed by atoms with Crippen molar-refractivity contribution in [3.63, 3.8) is 0 Å². The average Bonchev–Trinajstić information content (AvgIpc) is 3.02. The minimum Gasteiger partial charge on any atom is -0.352 e. The Morgan fingerprint density at radius 1 is 1.12 bits per heavy atom. The van der Waals surface area contributed by atoms with E-state index in [1.807, 2.05) is 23.1 Å². The van der Waals surface area contributed by atoms with Crippen molar-refractivity contribution < 1.29 is 4.79 Å². The summed E-state index contributed by atoms with van der Waals surface area (Å²) in [6.07, 6.45) is 1.66. The van der Waals surface area contributed by atoms with Gasteiger partial charge in [0.25, 0.3) is 0 Å². The fraction of sp³-hybridized carbons (Fsp3) is 0.316. The van der Waals surface area contributed by atoms with Gasteiger partial charge in [0.15, 0.2) is 0 Å². The molecular weight excluding hydrogens is 332 g/mol. The fourth-order valence-electron chi connectivity index (χ4n) is 3.21. The summed E-state index contributed by atoms with van der Waals surface area (Å²) in [4.78, 5) is 27.0. The Labute approximate surface area is 150 Å². The van der Waals surface area contributed by atoms with E-state index in [1.54, 1.807) is 11.3 Å². The van der Waals surface area contributed by atoms with Gasteiger partial charge in [-0.15, -0.1) is 11.3 Å². The van der Waals surface area contributed by atoms with Gasteiger partial charge in [-0.2, -0.15) is 0 Å². The molecule has 5 nitrogen and oxygen atoms in total. The first-order valence-electron chi connectivity index (χ1n) is 8.48. The number of nitrogens with zero attached hydrogens (tertiary/aromatic N) is 4. The summed E-state index contributed by atoms with van der Waals surface area (Å²) in [7, 11) is 0. The van der Waals surface area contributed by atoms with E-state index in [0.29, 0.717) is 0 Å². The topological polar surface area (TPSA) is 49.3 Å². The highest BCUT2D eigenvalue weighted by Crippen LogP contribution is 2.31. The quantitative estimate of drug-likeness (QED) is 0.678. The number of carbonyl (C=O) groups excluding carboxylic acids is 1. The summed E-state index contributed by atoms with van der Waals surface area (Å²) < 4.78 is 0. The van der Waals surface area contributed by atoms with Gasteiger partial charge in [-0.1, -0.05) is 30.3 Å². The number of hydrogen-bond donors (Lipinski definition) is 0. The van der Waals surface area contributed by atoms with E-state index in [2.05, 4.69) is 30.0 Å². The molecule has 128 valence electrons. The minimum absolute atomic E-state index is 0.731. The maximum Gasteiger partial charge on any atom is 0.209 e. The largest absolute Gasteiger partial charge is 0.352 e. The van der Waals surface area contributed by atoms with E-state index < -0.39 is 0 Å². The van der Waals surface area contributed by atoms with Crippen LogP contribution in [-0.2, 0) is 11.2 Å². The van der Waals surface area contributed by atoms with Crippen molar-refractivity contribution in [3.8, 4) is 0 Å². The molecule has 0 N–H and O–H groups in total. The van der Waals surface area contributed by atoms with E-state index >= 15 is 0 Å². The third kappa shape index (κ3) is 3.35. The van der Waals surface area contributed by atoms with Crippen LogP contribution in [0, 0.1) is 6.92 Å². The number of amides is 1. The number of thiophene rings is 1. The molecular formula is C19H20N4OS. The van der Waals surface area contributed by atoms with Crippen LogP contribution in [0.4, 0.5) is 5.82 Å². The lowest BCUT2D eigenvalue weighted by atomic mass is 10.1. The van der Waals surface area contributed by atoms with Crippen molar-refractivity contribution in [2.24, 2.45) is 0 Å². The predicted molar refractivity (Wildman–Crippen MR) is 101 cm³/mol. The molecule has 0 spiro atoms. The Kier molecular flexibility index (Phi) is 4.36. The lowest BCUT2D eigenvalue weighted by Gasteiger charge is -2.33. The zero-order valence-electron chi connectivity index (χ0n) is 14.2. The molecule has 4 rings (SSSR count). The third-order valence-corrected chi connectivity index (χ3v) is 5.45. The van der Waals surface area contributed by atoms with Crippen molar-refractivity contribution in [1.82, 2.24) is 14.9 Å². The van der Waals surface area contributed by atoms with Crippen LogP contribution in [0.5, 0.6) is 0 Å². The van der Waals surface area contributed by atoms with Gasteiger partial charge in [-0.25, -0.2) is 9.97 Å². The molecule has 6 heteroatoms. The molecule has 0 saturated carbocycles. The summed E-state index contributed by atoms with van der Waals surface area (Å²) in [6, 6.07) is 12.5. The molecule has 2 aromatic heterocycles. The highest BCUT2D eigenvalue weighted by Gasteiger charge is 2.21. The molecule has 0 radical (unpaired) electrons. The Morgan fingerprint density at radius 3 is 2.60 bits per heavy atom. The van der Waals surface area contributed by atoms with Gasteiger partial charge in [-0.05, 0) is 18.6 Å². The molecule has 1 aromatic carbocycles. The average molecular weight is 352 g/mol. The predicted octanol–water partition coefficient (Wildman–Crippen LogP) is 2.87. The molecule has 1 saturated heterocycles. The van der Waals surface area contributed by atoms with Crippen molar-refractivity contribution in [1.29, 1.82) is 0 Å². The van der Waals surface area contributed by atoms with Gasteiger partial charge < -0.3 is 9.80 Å². The zero-order chi connectivity index (χ0) is 17.2. The molecule has 0 atom stereocenters. The number of aromatic nitrogens is 2. The number of fused-ring (bicyclic) bond motifs is 1. The van der Waals surface area contributed by atoms with Crippen molar-refractivity contribution in [3.05, 3.63) is 52.7 Å². The summed E-state index contributed by atoms with van der Waals surface area (Å²) in [5.41, 5.74) is 1.21. The molecule has 0 bridgehead atoms. The molecule has 0 aliphatic carbocycles. The number of rotatable bonds is 4. The number of hydrogen-bond acceptors (Lipinski definition) is 5. The molecule has 3 heterocycles. The number of carbonyl (C=O) groups is 1. The maximum atomic E-state index is 11.0. The number of aryl methyl sites for hydroxylation is 1. The highest BCUT2D eigenvalue weighted by atomic mass is 32.1. The van der Waals surface area contributed by atoms with Crippen LogP contribution in [0.1, 0.15) is 16.3 Å². The lowest BCUT2D eigenvalue weighted by Crippen LogP contribution is -2.46. The second-order valence-corrected chi connectivity index (χ2v) is 7.56. The second-order valence-electron chi connectivity index (χ2n) is 6.33. The van der Waals surface area contributed by atoms with E-state index in [0.717, 1.165) is 60.9 Å². The van der Waals surface area contributed by atoms with Gasteiger partial charge >= 0.3 is 0 Å². The van der Waals surface area contributed by atoms with Crippen molar-refractivity contribution in [2.75, 3.05) is 31.1 Å². The molecule has 1 aliphatic rings. The van der Waals surface area contributed by atoms with E-state index in [1.165, 1.54) is 10.4 Å². The normalized spacial score (nSPS) is 14.9. The van der Waals surface area contributed by atoms with Crippen LogP contribution >= 0.6 is 11.3 Å². The Hall–Kier alpha value is -2.47.